The van der Waals surface area contributed by atoms with Crippen LogP contribution in [0.2, 0.25) is 0 Å². The Hall–Kier alpha value is -2.05. The predicted octanol–water partition coefficient (Wildman–Crippen LogP) is -0.466. The highest BCUT2D eigenvalue weighted by atomic mass is 16.4. The molecule has 0 bridgehead atoms. The number of carbonyl (C=O) groups is 3. The smallest absolute Gasteiger partial charge is 0.323 e. The molecular weight excluding hydrogens is 226 g/mol. The Morgan fingerprint density at radius 2 is 2.00 bits per heavy atom. The van der Waals surface area contributed by atoms with Gasteiger partial charge in [-0.3, -0.25) is 9.59 Å². The van der Waals surface area contributed by atoms with Gasteiger partial charge in [0, 0.05) is 6.54 Å². The van der Waals surface area contributed by atoms with E-state index in [0.717, 1.165) is 4.90 Å². The summed E-state index contributed by atoms with van der Waals surface area (Å²) in [7, 11) is 0. The monoisotopic (exact) mass is 243 g/mol. The van der Waals surface area contributed by atoms with Gasteiger partial charge in [0.25, 0.3) is 0 Å². The Balaban J connectivity index is 4.21. The van der Waals surface area contributed by atoms with Crippen molar-refractivity contribution in [1.82, 2.24) is 10.2 Å². The summed E-state index contributed by atoms with van der Waals surface area (Å²) in [5.41, 5.74) is 4.92. The molecule has 0 saturated heterocycles. The second kappa shape index (κ2) is 8.14. The van der Waals surface area contributed by atoms with E-state index in [2.05, 4.69) is 5.32 Å². The minimum atomic E-state index is -1.20. The summed E-state index contributed by atoms with van der Waals surface area (Å²) in [4.78, 5) is 33.5. The first kappa shape index (κ1) is 14.9. The van der Waals surface area contributed by atoms with E-state index in [4.69, 9.17) is 10.8 Å². The van der Waals surface area contributed by atoms with Crippen molar-refractivity contribution in [2.24, 2.45) is 5.73 Å². The molecule has 0 heterocycles. The number of amides is 3. The molecule has 4 N–H and O–H groups in total. The number of hydrogen-bond acceptors (Lipinski definition) is 3. The maximum atomic E-state index is 11.5. The van der Waals surface area contributed by atoms with Crippen molar-refractivity contribution in [3.63, 3.8) is 0 Å². The molecule has 96 valence electrons. The largest absolute Gasteiger partial charge is 0.480 e. The van der Waals surface area contributed by atoms with E-state index in [-0.39, 0.29) is 0 Å². The third-order valence-corrected chi connectivity index (χ3v) is 1.78. The standard InChI is InChI=1S/C10H17N3O4/c1-2-3-4-5-12-10(17)13(6-8(11)14)7-9(15)16/h2-3H,4-7H2,1H3,(H2,11,14)(H,12,17)(H,15,16)/b3-2+. The Kier molecular flexibility index (Phi) is 7.16. The van der Waals surface area contributed by atoms with Gasteiger partial charge in [-0.05, 0) is 13.3 Å². The number of hydrogen-bond donors (Lipinski definition) is 3. The number of allylic oxidation sites excluding steroid dienone is 1. The van der Waals surface area contributed by atoms with Crippen LogP contribution < -0.4 is 11.1 Å². The first-order valence-electron chi connectivity index (χ1n) is 5.11. The Labute approximate surface area is 99.3 Å². The summed E-state index contributed by atoms with van der Waals surface area (Å²) < 4.78 is 0. The lowest BCUT2D eigenvalue weighted by molar-refractivity contribution is -0.137. The van der Waals surface area contributed by atoms with E-state index in [1.165, 1.54) is 0 Å². The van der Waals surface area contributed by atoms with Crippen LogP contribution in [0.15, 0.2) is 12.2 Å². The van der Waals surface area contributed by atoms with Crippen LogP contribution in [0.25, 0.3) is 0 Å². The summed E-state index contributed by atoms with van der Waals surface area (Å²) in [6, 6.07) is -0.615. The Morgan fingerprint density at radius 3 is 2.47 bits per heavy atom. The molecule has 17 heavy (non-hydrogen) atoms. The van der Waals surface area contributed by atoms with Crippen molar-refractivity contribution >= 4 is 17.9 Å². The summed E-state index contributed by atoms with van der Waals surface area (Å²) in [5, 5.41) is 11.1. The maximum absolute atomic E-state index is 11.5. The number of rotatable bonds is 7. The lowest BCUT2D eigenvalue weighted by atomic mass is 10.4. The summed E-state index contributed by atoms with van der Waals surface area (Å²) in [5.74, 6) is -1.95. The number of nitrogens with one attached hydrogen (secondary N) is 1. The number of primary amides is 1. The van der Waals surface area contributed by atoms with Gasteiger partial charge in [0.05, 0.1) is 0 Å². The average Bonchev–Trinajstić information content (AvgIpc) is 2.22. The fraction of sp³-hybridized carbons (Fsp3) is 0.500. The summed E-state index contributed by atoms with van der Waals surface area (Å²) >= 11 is 0. The molecular formula is C10H17N3O4. The number of carboxylic acids is 1. The molecule has 0 aromatic heterocycles. The molecule has 0 aliphatic carbocycles. The van der Waals surface area contributed by atoms with Gasteiger partial charge in [-0.25, -0.2) is 4.79 Å². The first-order valence-corrected chi connectivity index (χ1v) is 5.11. The zero-order valence-corrected chi connectivity index (χ0v) is 9.68. The van der Waals surface area contributed by atoms with Crippen LogP contribution in [-0.4, -0.2) is 47.5 Å². The molecule has 0 atom stereocenters. The van der Waals surface area contributed by atoms with Gasteiger partial charge < -0.3 is 21.1 Å². The quantitative estimate of drug-likeness (QED) is 0.414. The van der Waals surface area contributed by atoms with Crippen LogP contribution in [0.3, 0.4) is 0 Å². The lowest BCUT2D eigenvalue weighted by Crippen LogP contribution is -2.46. The lowest BCUT2D eigenvalue weighted by Gasteiger charge is -2.19. The minimum absolute atomic E-state index is 0.373. The summed E-state index contributed by atoms with van der Waals surface area (Å²) in [6.07, 6.45) is 4.33. The van der Waals surface area contributed by atoms with Gasteiger partial charge in [0.15, 0.2) is 0 Å². The van der Waals surface area contributed by atoms with E-state index in [1.54, 1.807) is 0 Å². The first-order chi connectivity index (χ1) is 7.97. The molecule has 3 amide bonds. The van der Waals surface area contributed by atoms with Gasteiger partial charge in [-0.1, -0.05) is 12.2 Å². The zero-order valence-electron chi connectivity index (χ0n) is 9.68. The number of carboxylic acid groups (broad SMARTS) is 1. The summed E-state index contributed by atoms with van der Waals surface area (Å²) in [6.45, 7) is 1.25. The molecule has 0 aromatic carbocycles. The normalized spacial score (nSPS) is 10.2. The van der Waals surface area contributed by atoms with Gasteiger partial charge in [0.1, 0.15) is 13.1 Å². The van der Waals surface area contributed by atoms with Gasteiger partial charge in [-0.2, -0.15) is 0 Å². The molecule has 0 spiro atoms. The maximum Gasteiger partial charge on any atom is 0.323 e. The van der Waals surface area contributed by atoms with Gasteiger partial charge in [0.2, 0.25) is 5.91 Å². The number of nitrogens with zero attached hydrogens (tertiary/aromatic N) is 1. The van der Waals surface area contributed by atoms with E-state index in [1.807, 2.05) is 19.1 Å². The fourth-order valence-corrected chi connectivity index (χ4v) is 1.09. The molecule has 7 nitrogen and oxygen atoms in total. The van der Waals surface area contributed by atoms with Crippen molar-refractivity contribution < 1.29 is 19.5 Å². The average molecular weight is 243 g/mol. The van der Waals surface area contributed by atoms with Gasteiger partial charge in [-0.15, -0.1) is 0 Å². The third kappa shape index (κ3) is 7.83. The molecule has 0 aliphatic heterocycles. The number of nitrogens with two attached hydrogens (primary N) is 1. The molecule has 0 unspecified atom stereocenters. The molecule has 0 fully saturated rings. The van der Waals surface area contributed by atoms with Crippen LogP contribution >= 0.6 is 0 Å². The van der Waals surface area contributed by atoms with Crippen LogP contribution in [0.1, 0.15) is 13.3 Å². The molecule has 0 aliphatic rings. The second-order valence-electron chi connectivity index (χ2n) is 3.31. The van der Waals surface area contributed by atoms with E-state index >= 15 is 0 Å². The van der Waals surface area contributed by atoms with Crippen LogP contribution in [0.5, 0.6) is 0 Å². The van der Waals surface area contributed by atoms with Crippen LogP contribution in [-0.2, 0) is 9.59 Å². The van der Waals surface area contributed by atoms with Crippen molar-refractivity contribution in [2.75, 3.05) is 19.6 Å². The highest BCUT2D eigenvalue weighted by molar-refractivity contribution is 5.85. The van der Waals surface area contributed by atoms with E-state index in [0.29, 0.717) is 13.0 Å². The Morgan fingerprint density at radius 1 is 1.35 bits per heavy atom. The molecule has 7 heteroatoms. The van der Waals surface area contributed by atoms with Gasteiger partial charge >= 0.3 is 12.0 Å². The van der Waals surface area contributed by atoms with E-state index < -0.39 is 31.0 Å². The number of aliphatic carboxylic acids is 1. The van der Waals surface area contributed by atoms with E-state index in [9.17, 15) is 14.4 Å². The number of carbonyl (C=O) groups excluding carboxylic acids is 2. The number of urea groups is 1. The van der Waals surface area contributed by atoms with Crippen molar-refractivity contribution in [3.05, 3.63) is 12.2 Å². The van der Waals surface area contributed by atoms with Crippen LogP contribution in [0.4, 0.5) is 4.79 Å². The molecule has 0 rings (SSSR count). The highest BCUT2D eigenvalue weighted by Gasteiger charge is 2.17. The van der Waals surface area contributed by atoms with Crippen molar-refractivity contribution in [2.45, 2.75) is 13.3 Å². The molecule has 0 radical (unpaired) electrons. The predicted molar refractivity (Wildman–Crippen MR) is 61.2 cm³/mol. The zero-order chi connectivity index (χ0) is 13.3. The molecule has 0 saturated carbocycles. The molecule has 0 aromatic rings. The van der Waals surface area contributed by atoms with Crippen molar-refractivity contribution in [1.29, 1.82) is 0 Å². The van der Waals surface area contributed by atoms with Crippen molar-refractivity contribution in [3.8, 4) is 0 Å². The van der Waals surface area contributed by atoms with Crippen LogP contribution in [0, 0.1) is 0 Å². The third-order valence-electron chi connectivity index (χ3n) is 1.78. The SMILES string of the molecule is C/C=C/CCNC(=O)N(CC(N)=O)CC(=O)O. The minimum Gasteiger partial charge on any atom is -0.480 e. The highest BCUT2D eigenvalue weighted by Crippen LogP contribution is 1.90. The topological polar surface area (TPSA) is 113 Å². The second-order valence-corrected chi connectivity index (χ2v) is 3.31. The Bertz CT molecular complexity index is 299. The fourth-order valence-electron chi connectivity index (χ4n) is 1.09.